The van der Waals surface area contributed by atoms with Crippen LogP contribution in [0.4, 0.5) is 9.18 Å². The van der Waals surface area contributed by atoms with Gasteiger partial charge in [-0.05, 0) is 41.1 Å². The van der Waals surface area contributed by atoms with E-state index < -0.39 is 5.91 Å². The van der Waals surface area contributed by atoms with Crippen LogP contribution in [-0.2, 0) is 4.79 Å². The Kier molecular flexibility index (Phi) is 3.58. The normalized spacial score (nSPS) is 16.3. The van der Waals surface area contributed by atoms with E-state index in [1.54, 1.807) is 48.5 Å². The van der Waals surface area contributed by atoms with Crippen molar-refractivity contribution in [3.8, 4) is 11.1 Å². The van der Waals surface area contributed by atoms with E-state index in [1.807, 2.05) is 0 Å². The number of hydrogen-bond acceptors (Lipinski definition) is 3. The first-order valence-corrected chi connectivity index (χ1v) is 7.05. The van der Waals surface area contributed by atoms with Gasteiger partial charge in [0, 0.05) is 5.56 Å². The molecule has 5 heteroatoms. The van der Waals surface area contributed by atoms with E-state index >= 15 is 0 Å². The molecule has 1 N–H and O–H groups in total. The molecule has 2 aromatic rings. The molecule has 0 saturated carbocycles. The summed E-state index contributed by atoms with van der Waals surface area (Å²) in [6, 6.07) is 13.7. The lowest BCUT2D eigenvalue weighted by Crippen LogP contribution is -2.17. The lowest BCUT2D eigenvalue weighted by Gasteiger charge is -2.04. The van der Waals surface area contributed by atoms with Crippen molar-refractivity contribution >= 4 is 29.0 Å². The summed E-state index contributed by atoms with van der Waals surface area (Å²) in [4.78, 5) is 23.0. The minimum atomic E-state index is -0.402. The Hall–Kier alpha value is -2.40. The van der Waals surface area contributed by atoms with Crippen molar-refractivity contribution in [1.82, 2.24) is 5.32 Å². The van der Waals surface area contributed by atoms with Crippen molar-refractivity contribution in [2.45, 2.75) is 0 Å². The van der Waals surface area contributed by atoms with E-state index in [4.69, 9.17) is 0 Å². The van der Waals surface area contributed by atoms with E-state index in [0.29, 0.717) is 10.5 Å². The first-order chi connectivity index (χ1) is 10.1. The first kappa shape index (κ1) is 13.6. The van der Waals surface area contributed by atoms with Crippen LogP contribution in [0, 0.1) is 5.82 Å². The summed E-state index contributed by atoms with van der Waals surface area (Å²) in [5.41, 5.74) is 1.96. The Labute approximate surface area is 124 Å². The van der Waals surface area contributed by atoms with E-state index in [9.17, 15) is 14.0 Å². The third kappa shape index (κ3) is 2.87. The van der Waals surface area contributed by atoms with E-state index in [-0.39, 0.29) is 11.1 Å². The molecule has 1 saturated heterocycles. The van der Waals surface area contributed by atoms with Gasteiger partial charge in [0.2, 0.25) is 0 Å². The predicted molar refractivity (Wildman–Crippen MR) is 80.9 cm³/mol. The second kappa shape index (κ2) is 5.54. The number of carbonyl (C=O) groups excluding carboxylic acids is 2. The number of carbonyl (C=O) groups is 2. The summed E-state index contributed by atoms with van der Waals surface area (Å²) in [5, 5.41) is 1.82. The van der Waals surface area contributed by atoms with Gasteiger partial charge in [0.15, 0.2) is 0 Å². The molecule has 1 heterocycles. The second-order valence-corrected chi connectivity index (χ2v) is 5.47. The van der Waals surface area contributed by atoms with Gasteiger partial charge in [-0.15, -0.1) is 0 Å². The quantitative estimate of drug-likeness (QED) is 0.858. The van der Waals surface area contributed by atoms with Gasteiger partial charge in [-0.1, -0.05) is 36.4 Å². The molecular weight excluding hydrogens is 289 g/mol. The highest BCUT2D eigenvalue weighted by Crippen LogP contribution is 2.28. The average Bonchev–Trinajstić information content (AvgIpc) is 2.78. The van der Waals surface area contributed by atoms with Crippen LogP contribution in [0.25, 0.3) is 17.2 Å². The maximum atomic E-state index is 13.8. The molecule has 3 rings (SSSR count). The number of hydrogen-bond donors (Lipinski definition) is 1. The fraction of sp³-hybridized carbons (Fsp3) is 0. The zero-order chi connectivity index (χ0) is 14.8. The average molecular weight is 299 g/mol. The third-order valence-corrected chi connectivity index (χ3v) is 3.82. The summed E-state index contributed by atoms with van der Waals surface area (Å²) >= 11 is 0.861. The molecule has 1 aliphatic rings. The predicted octanol–water partition coefficient (Wildman–Crippen LogP) is 3.82. The Morgan fingerprint density at radius 3 is 2.57 bits per heavy atom. The Balaban J connectivity index is 1.98. The van der Waals surface area contributed by atoms with Crippen LogP contribution in [0.5, 0.6) is 0 Å². The summed E-state index contributed by atoms with van der Waals surface area (Å²) in [7, 11) is 0. The Morgan fingerprint density at radius 2 is 1.86 bits per heavy atom. The van der Waals surface area contributed by atoms with Crippen molar-refractivity contribution in [3.63, 3.8) is 0 Å². The molecule has 2 aromatic carbocycles. The second-order valence-electron chi connectivity index (χ2n) is 4.46. The van der Waals surface area contributed by atoms with Crippen molar-refractivity contribution in [2.75, 3.05) is 0 Å². The zero-order valence-electron chi connectivity index (χ0n) is 10.8. The number of amides is 2. The highest BCUT2D eigenvalue weighted by molar-refractivity contribution is 8.18. The highest BCUT2D eigenvalue weighted by atomic mass is 32.2. The van der Waals surface area contributed by atoms with E-state index in [0.717, 1.165) is 22.9 Å². The summed E-state index contributed by atoms with van der Waals surface area (Å²) in [6.07, 6.45) is 1.62. The van der Waals surface area contributed by atoms with Crippen LogP contribution in [0.2, 0.25) is 0 Å². The molecular formula is C16H10FNO2S. The van der Waals surface area contributed by atoms with Gasteiger partial charge >= 0.3 is 0 Å². The zero-order valence-corrected chi connectivity index (χ0v) is 11.6. The molecule has 104 valence electrons. The number of halogens is 1. The summed E-state index contributed by atoms with van der Waals surface area (Å²) in [5.74, 6) is -0.702. The standard InChI is InChI=1S/C16H10FNO2S/c17-13-7-2-1-6-12(13)11-5-3-4-10(8-11)9-14-15(19)18-16(20)21-14/h1-9H,(H,18,19,20)/b14-9-. The molecule has 0 aliphatic carbocycles. The van der Waals surface area contributed by atoms with Crippen molar-refractivity contribution < 1.29 is 14.0 Å². The minimum Gasteiger partial charge on any atom is -0.282 e. The topological polar surface area (TPSA) is 46.2 Å². The molecule has 0 aromatic heterocycles. The number of rotatable bonds is 2. The SMILES string of the molecule is O=C1NC(=O)/C(=C/c2cccc(-c3ccccc3F)c2)S1. The van der Waals surface area contributed by atoms with Gasteiger partial charge in [0.05, 0.1) is 4.91 Å². The van der Waals surface area contributed by atoms with E-state index in [1.165, 1.54) is 6.07 Å². The van der Waals surface area contributed by atoms with Crippen LogP contribution in [0.1, 0.15) is 5.56 Å². The molecule has 2 amide bonds. The monoisotopic (exact) mass is 299 g/mol. The molecule has 21 heavy (non-hydrogen) atoms. The van der Waals surface area contributed by atoms with Crippen molar-refractivity contribution in [1.29, 1.82) is 0 Å². The first-order valence-electron chi connectivity index (χ1n) is 6.23. The van der Waals surface area contributed by atoms with E-state index in [2.05, 4.69) is 5.32 Å². The van der Waals surface area contributed by atoms with Crippen molar-refractivity contribution in [3.05, 3.63) is 64.8 Å². The lowest BCUT2D eigenvalue weighted by molar-refractivity contribution is -0.115. The fourth-order valence-corrected chi connectivity index (χ4v) is 2.75. The van der Waals surface area contributed by atoms with Crippen LogP contribution >= 0.6 is 11.8 Å². The molecule has 0 unspecified atom stereocenters. The van der Waals surface area contributed by atoms with Gasteiger partial charge in [0.25, 0.3) is 11.1 Å². The van der Waals surface area contributed by atoms with Gasteiger partial charge in [0.1, 0.15) is 5.82 Å². The fourth-order valence-electron chi connectivity index (χ4n) is 2.06. The van der Waals surface area contributed by atoms with Crippen molar-refractivity contribution in [2.24, 2.45) is 0 Å². The molecule has 3 nitrogen and oxygen atoms in total. The van der Waals surface area contributed by atoms with Crippen LogP contribution in [-0.4, -0.2) is 11.1 Å². The smallest absolute Gasteiger partial charge is 0.282 e. The summed E-state index contributed by atoms with van der Waals surface area (Å²) < 4.78 is 13.8. The largest absolute Gasteiger partial charge is 0.290 e. The molecule has 0 bridgehead atoms. The van der Waals surface area contributed by atoms with Crippen LogP contribution in [0.15, 0.2) is 53.4 Å². The van der Waals surface area contributed by atoms with Gasteiger partial charge in [-0.3, -0.25) is 14.9 Å². The number of nitrogens with one attached hydrogen (secondary N) is 1. The van der Waals surface area contributed by atoms with Gasteiger partial charge in [-0.25, -0.2) is 4.39 Å². The number of thioether (sulfide) groups is 1. The molecule has 0 atom stereocenters. The maximum Gasteiger partial charge on any atom is 0.290 e. The molecule has 0 spiro atoms. The summed E-state index contributed by atoms with van der Waals surface area (Å²) in [6.45, 7) is 0. The van der Waals surface area contributed by atoms with Crippen LogP contribution in [0.3, 0.4) is 0 Å². The van der Waals surface area contributed by atoms with Gasteiger partial charge in [-0.2, -0.15) is 0 Å². The third-order valence-electron chi connectivity index (χ3n) is 3.01. The molecule has 0 radical (unpaired) electrons. The molecule has 1 fully saturated rings. The van der Waals surface area contributed by atoms with Gasteiger partial charge < -0.3 is 0 Å². The maximum absolute atomic E-state index is 13.8. The minimum absolute atomic E-state index is 0.300. The number of benzene rings is 2. The lowest BCUT2D eigenvalue weighted by atomic mass is 10.0. The molecule has 1 aliphatic heterocycles. The highest BCUT2D eigenvalue weighted by Gasteiger charge is 2.24. The Morgan fingerprint density at radius 1 is 1.05 bits per heavy atom. The van der Waals surface area contributed by atoms with Crippen LogP contribution < -0.4 is 5.32 Å². The number of imide groups is 1. The Bertz CT molecular complexity index is 770.